The quantitative estimate of drug-likeness (QED) is 0.582. The Morgan fingerprint density at radius 1 is 1.24 bits per heavy atom. The highest BCUT2D eigenvalue weighted by atomic mass is 32.1. The Labute approximate surface area is 146 Å². The summed E-state index contributed by atoms with van der Waals surface area (Å²) in [5.74, 6) is -0.644. The van der Waals surface area contributed by atoms with E-state index >= 15 is 0 Å². The number of hydrogen-bond acceptors (Lipinski definition) is 5. The van der Waals surface area contributed by atoms with Crippen LogP contribution in [0.25, 0.3) is 22.4 Å². The minimum Gasteiger partial charge on any atom is -0.451 e. The van der Waals surface area contributed by atoms with Gasteiger partial charge in [-0.25, -0.2) is 9.37 Å². The molecule has 0 spiro atoms. The second-order valence-electron chi connectivity index (χ2n) is 5.40. The summed E-state index contributed by atoms with van der Waals surface area (Å²) in [5.41, 5.74) is 2.48. The number of amides is 1. The van der Waals surface area contributed by atoms with Crippen LogP contribution in [0.4, 0.5) is 9.52 Å². The Balaban J connectivity index is 1.61. The van der Waals surface area contributed by atoms with Gasteiger partial charge < -0.3 is 4.42 Å². The van der Waals surface area contributed by atoms with E-state index in [1.165, 1.54) is 29.5 Å². The minimum absolute atomic E-state index is 0.148. The minimum atomic E-state index is -0.420. The van der Waals surface area contributed by atoms with Crippen molar-refractivity contribution < 1.29 is 13.6 Å². The average molecular weight is 353 g/mol. The Kier molecular flexibility index (Phi) is 3.77. The normalized spacial score (nSPS) is 11.0. The molecule has 0 saturated heterocycles. The molecule has 0 fully saturated rings. The van der Waals surface area contributed by atoms with Crippen LogP contribution in [0.3, 0.4) is 0 Å². The summed E-state index contributed by atoms with van der Waals surface area (Å²) in [6.07, 6.45) is 1.68. The lowest BCUT2D eigenvalue weighted by atomic mass is 10.1. The first kappa shape index (κ1) is 15.5. The molecule has 4 rings (SSSR count). The number of rotatable bonds is 3. The molecule has 0 bridgehead atoms. The van der Waals surface area contributed by atoms with Crippen molar-refractivity contribution in [3.05, 3.63) is 65.1 Å². The molecule has 5 nitrogen and oxygen atoms in total. The van der Waals surface area contributed by atoms with Crippen molar-refractivity contribution in [3.8, 4) is 11.4 Å². The first-order valence-electron chi connectivity index (χ1n) is 7.49. The maximum Gasteiger partial charge on any atom is 0.293 e. The van der Waals surface area contributed by atoms with E-state index in [4.69, 9.17) is 4.42 Å². The van der Waals surface area contributed by atoms with E-state index in [1.807, 2.05) is 23.6 Å². The van der Waals surface area contributed by atoms with E-state index < -0.39 is 5.91 Å². The Morgan fingerprint density at radius 2 is 2.12 bits per heavy atom. The Bertz CT molecular complexity index is 1070. The molecule has 25 heavy (non-hydrogen) atoms. The fourth-order valence-electron chi connectivity index (χ4n) is 2.53. The summed E-state index contributed by atoms with van der Waals surface area (Å²) in [6, 6.07) is 9.71. The van der Waals surface area contributed by atoms with Crippen LogP contribution in [-0.4, -0.2) is 15.9 Å². The van der Waals surface area contributed by atoms with Gasteiger partial charge in [0.25, 0.3) is 5.91 Å². The molecule has 7 heteroatoms. The predicted octanol–water partition coefficient (Wildman–Crippen LogP) is 4.65. The Morgan fingerprint density at radius 3 is 2.92 bits per heavy atom. The first-order valence-corrected chi connectivity index (χ1v) is 8.37. The summed E-state index contributed by atoms with van der Waals surface area (Å²) in [5, 5.41) is 5.56. The number of aromatic nitrogens is 2. The standard InChI is InChI=1S/C18H12FN3O2S/c1-10-12-8-11(19)5-6-15(12)24-16(10)17(23)22-18-21-14(9-25-18)13-4-2-3-7-20-13/h2-9H,1H3,(H,21,22,23). The van der Waals surface area contributed by atoms with Crippen LogP contribution < -0.4 is 5.32 Å². The fourth-order valence-corrected chi connectivity index (χ4v) is 3.23. The van der Waals surface area contributed by atoms with Gasteiger partial charge in [-0.3, -0.25) is 15.1 Å². The maximum absolute atomic E-state index is 13.4. The van der Waals surface area contributed by atoms with Crippen LogP contribution in [0.2, 0.25) is 0 Å². The van der Waals surface area contributed by atoms with Crippen LogP contribution in [0.5, 0.6) is 0 Å². The van der Waals surface area contributed by atoms with E-state index in [0.717, 1.165) is 5.69 Å². The zero-order valence-corrected chi connectivity index (χ0v) is 13.9. The van der Waals surface area contributed by atoms with E-state index in [9.17, 15) is 9.18 Å². The van der Waals surface area contributed by atoms with Gasteiger partial charge in [-0.2, -0.15) is 0 Å². The summed E-state index contributed by atoms with van der Waals surface area (Å²) in [7, 11) is 0. The second-order valence-corrected chi connectivity index (χ2v) is 6.26. The molecule has 1 aromatic carbocycles. The van der Waals surface area contributed by atoms with Crippen molar-refractivity contribution in [2.75, 3.05) is 5.32 Å². The van der Waals surface area contributed by atoms with Crippen molar-refractivity contribution in [1.82, 2.24) is 9.97 Å². The number of nitrogens with zero attached hydrogens (tertiary/aromatic N) is 2. The smallest absolute Gasteiger partial charge is 0.293 e. The van der Waals surface area contributed by atoms with E-state index in [1.54, 1.807) is 13.1 Å². The van der Waals surface area contributed by atoms with Gasteiger partial charge in [-0.05, 0) is 37.3 Å². The molecule has 124 valence electrons. The molecule has 1 N–H and O–H groups in total. The van der Waals surface area contributed by atoms with E-state index in [-0.39, 0.29) is 11.6 Å². The number of carbonyl (C=O) groups excluding carboxylic acids is 1. The van der Waals surface area contributed by atoms with Gasteiger partial charge in [0.05, 0.1) is 5.69 Å². The molecule has 3 heterocycles. The second kappa shape index (κ2) is 6.10. The van der Waals surface area contributed by atoms with Crippen LogP contribution in [0, 0.1) is 12.7 Å². The third-order valence-electron chi connectivity index (χ3n) is 3.76. The van der Waals surface area contributed by atoms with Crippen LogP contribution in [0.15, 0.2) is 52.4 Å². The van der Waals surface area contributed by atoms with Crippen LogP contribution in [-0.2, 0) is 0 Å². The number of thiazole rings is 1. The van der Waals surface area contributed by atoms with Crippen molar-refractivity contribution in [2.45, 2.75) is 6.92 Å². The monoisotopic (exact) mass is 353 g/mol. The molecule has 0 unspecified atom stereocenters. The number of carbonyl (C=O) groups is 1. The van der Waals surface area contributed by atoms with Gasteiger partial charge in [-0.1, -0.05) is 6.07 Å². The number of fused-ring (bicyclic) bond motifs is 1. The molecular formula is C18H12FN3O2S. The highest BCUT2D eigenvalue weighted by Gasteiger charge is 2.19. The molecule has 0 aliphatic carbocycles. The zero-order valence-electron chi connectivity index (χ0n) is 13.1. The predicted molar refractivity (Wildman–Crippen MR) is 94.2 cm³/mol. The molecule has 4 aromatic rings. The van der Waals surface area contributed by atoms with E-state index in [2.05, 4.69) is 15.3 Å². The lowest BCUT2D eigenvalue weighted by Gasteiger charge is -1.99. The first-order chi connectivity index (χ1) is 12.1. The lowest BCUT2D eigenvalue weighted by molar-refractivity contribution is 0.0998. The number of aryl methyl sites for hydroxylation is 1. The van der Waals surface area contributed by atoms with Gasteiger partial charge in [0, 0.05) is 22.5 Å². The lowest BCUT2D eigenvalue weighted by Crippen LogP contribution is -2.11. The number of anilines is 1. The number of furan rings is 1. The third kappa shape index (κ3) is 2.89. The number of nitrogens with one attached hydrogen (secondary N) is 1. The van der Waals surface area contributed by atoms with Gasteiger partial charge in [0.15, 0.2) is 10.9 Å². The largest absolute Gasteiger partial charge is 0.451 e. The van der Waals surface area contributed by atoms with Gasteiger partial charge >= 0.3 is 0 Å². The molecule has 0 radical (unpaired) electrons. The van der Waals surface area contributed by atoms with Crippen molar-refractivity contribution in [2.24, 2.45) is 0 Å². The van der Waals surface area contributed by atoms with Crippen molar-refractivity contribution in [1.29, 1.82) is 0 Å². The SMILES string of the molecule is Cc1c(C(=O)Nc2nc(-c3ccccn3)cs2)oc2ccc(F)cc12. The average Bonchev–Trinajstić information content (AvgIpc) is 3.21. The van der Waals surface area contributed by atoms with Gasteiger partial charge in [0.1, 0.15) is 17.1 Å². The molecule has 0 atom stereocenters. The molecule has 0 saturated carbocycles. The number of halogens is 1. The molecule has 3 aromatic heterocycles. The third-order valence-corrected chi connectivity index (χ3v) is 4.51. The summed E-state index contributed by atoms with van der Waals surface area (Å²) in [4.78, 5) is 21.1. The Hall–Kier alpha value is -3.06. The topological polar surface area (TPSA) is 68.0 Å². The van der Waals surface area contributed by atoms with E-state index in [0.29, 0.717) is 27.4 Å². The highest BCUT2D eigenvalue weighted by Crippen LogP contribution is 2.28. The molecular weight excluding hydrogens is 341 g/mol. The molecule has 1 amide bonds. The van der Waals surface area contributed by atoms with Crippen LogP contribution >= 0.6 is 11.3 Å². The highest BCUT2D eigenvalue weighted by molar-refractivity contribution is 7.14. The fraction of sp³-hybridized carbons (Fsp3) is 0.0556. The van der Waals surface area contributed by atoms with Gasteiger partial charge in [-0.15, -0.1) is 11.3 Å². The molecule has 0 aliphatic heterocycles. The number of benzene rings is 1. The van der Waals surface area contributed by atoms with Crippen LogP contribution in [0.1, 0.15) is 16.1 Å². The maximum atomic E-state index is 13.4. The van der Waals surface area contributed by atoms with Crippen molar-refractivity contribution >= 4 is 33.3 Å². The summed E-state index contributed by atoms with van der Waals surface area (Å²) in [6.45, 7) is 1.72. The van der Waals surface area contributed by atoms with Crippen molar-refractivity contribution in [3.63, 3.8) is 0 Å². The van der Waals surface area contributed by atoms with Gasteiger partial charge in [0.2, 0.25) is 0 Å². The summed E-state index contributed by atoms with van der Waals surface area (Å²) < 4.78 is 18.9. The number of hydrogen-bond donors (Lipinski definition) is 1. The number of pyridine rings is 1. The molecule has 0 aliphatic rings. The zero-order chi connectivity index (χ0) is 17.4. The summed E-state index contributed by atoms with van der Waals surface area (Å²) >= 11 is 1.30.